The third-order valence-electron chi connectivity index (χ3n) is 3.94. The van der Waals surface area contributed by atoms with Crippen molar-refractivity contribution in [2.75, 3.05) is 0 Å². The summed E-state index contributed by atoms with van der Waals surface area (Å²) in [6.45, 7) is 9.25. The van der Waals surface area contributed by atoms with E-state index >= 15 is 0 Å². The second-order valence-electron chi connectivity index (χ2n) is 6.29. The van der Waals surface area contributed by atoms with Crippen molar-refractivity contribution in [1.29, 1.82) is 0 Å². The van der Waals surface area contributed by atoms with Gasteiger partial charge in [0.05, 0.1) is 6.54 Å². The van der Waals surface area contributed by atoms with Crippen molar-refractivity contribution in [3.63, 3.8) is 0 Å². The highest BCUT2D eigenvalue weighted by atomic mass is 35.5. The molecule has 2 aromatic rings. The largest absolute Gasteiger partial charge is 0.345 e. The summed E-state index contributed by atoms with van der Waals surface area (Å²) < 4.78 is 2.19. The van der Waals surface area contributed by atoms with E-state index in [1.807, 2.05) is 24.8 Å². The molecule has 1 amide bonds. The van der Waals surface area contributed by atoms with Crippen LogP contribution in [-0.2, 0) is 17.9 Å². The summed E-state index contributed by atoms with van der Waals surface area (Å²) in [6, 6.07) is 12.7. The first-order chi connectivity index (χ1) is 10.9. The van der Waals surface area contributed by atoms with Gasteiger partial charge in [-0.2, -0.15) is 0 Å². The average Bonchev–Trinajstić information content (AvgIpc) is 2.90. The highest BCUT2D eigenvalue weighted by Gasteiger charge is 2.22. The topological polar surface area (TPSA) is 25.2 Å². The van der Waals surface area contributed by atoms with Crippen molar-refractivity contribution in [3.8, 4) is 0 Å². The van der Waals surface area contributed by atoms with Crippen LogP contribution in [0.2, 0.25) is 0 Å². The maximum absolute atomic E-state index is 12.3. The number of hydrogen-bond acceptors (Lipinski definition) is 1. The van der Waals surface area contributed by atoms with E-state index in [4.69, 9.17) is 11.6 Å². The zero-order chi connectivity index (χ0) is 17.0. The summed E-state index contributed by atoms with van der Waals surface area (Å²) in [6.07, 6.45) is 2.06. The Labute approximate surface area is 143 Å². The van der Waals surface area contributed by atoms with Gasteiger partial charge in [0.25, 0.3) is 0 Å². The van der Waals surface area contributed by atoms with E-state index in [0.29, 0.717) is 6.54 Å². The maximum atomic E-state index is 12.3. The minimum atomic E-state index is -0.502. The van der Waals surface area contributed by atoms with Crippen LogP contribution in [0.3, 0.4) is 0 Å². The summed E-state index contributed by atoms with van der Waals surface area (Å²) in [5.74, 6) is -0.0232. The fourth-order valence-corrected chi connectivity index (χ4v) is 2.80. The van der Waals surface area contributed by atoms with E-state index in [0.717, 1.165) is 12.2 Å². The van der Waals surface area contributed by atoms with Gasteiger partial charge in [-0.15, -0.1) is 11.6 Å². The molecule has 0 N–H and O–H groups in total. The third kappa shape index (κ3) is 4.61. The molecular weight excluding hydrogens is 308 g/mol. The summed E-state index contributed by atoms with van der Waals surface area (Å²) in [5, 5.41) is -0.502. The quantitative estimate of drug-likeness (QED) is 0.727. The molecule has 0 saturated heterocycles. The first-order valence-corrected chi connectivity index (χ1v) is 8.46. The number of carbonyl (C=O) groups excluding carboxylic acids is 1. The van der Waals surface area contributed by atoms with Crippen molar-refractivity contribution in [2.24, 2.45) is 0 Å². The molecule has 0 aliphatic heterocycles. The number of alkyl halides is 1. The second kappa shape index (κ2) is 7.69. The van der Waals surface area contributed by atoms with Crippen LogP contribution < -0.4 is 0 Å². The Bertz CT molecular complexity index is 661. The molecule has 0 radical (unpaired) electrons. The molecule has 0 spiro atoms. The van der Waals surface area contributed by atoms with E-state index in [2.05, 4.69) is 48.0 Å². The van der Waals surface area contributed by atoms with Crippen LogP contribution in [0.1, 0.15) is 37.6 Å². The van der Waals surface area contributed by atoms with E-state index in [-0.39, 0.29) is 11.9 Å². The van der Waals surface area contributed by atoms with Crippen LogP contribution in [0.15, 0.2) is 42.6 Å². The standard InChI is InChI=1S/C19H25ClN2O/c1-14(2)22(19(23)16(4)20)13-18-9-6-10-21(18)12-17-8-5-7-15(3)11-17/h5-11,14,16H,12-13H2,1-4H3/t16-/m1/s1. The number of aromatic nitrogens is 1. The van der Waals surface area contributed by atoms with Gasteiger partial charge in [0.15, 0.2) is 0 Å². The van der Waals surface area contributed by atoms with Crippen molar-refractivity contribution in [3.05, 3.63) is 59.4 Å². The number of hydrogen-bond donors (Lipinski definition) is 0. The molecule has 0 aliphatic carbocycles. The molecule has 2 rings (SSSR count). The van der Waals surface area contributed by atoms with Crippen molar-refractivity contribution < 1.29 is 4.79 Å². The minimum Gasteiger partial charge on any atom is -0.345 e. The lowest BCUT2D eigenvalue weighted by molar-refractivity contribution is -0.132. The van der Waals surface area contributed by atoms with Gasteiger partial charge in [-0.05, 0) is 45.4 Å². The van der Waals surface area contributed by atoms with Gasteiger partial charge in [-0.3, -0.25) is 4.79 Å². The molecule has 3 nitrogen and oxygen atoms in total. The molecule has 0 fully saturated rings. The van der Waals surface area contributed by atoms with E-state index < -0.39 is 5.38 Å². The van der Waals surface area contributed by atoms with Crippen LogP contribution in [0, 0.1) is 6.92 Å². The summed E-state index contributed by atoms with van der Waals surface area (Å²) in [5.41, 5.74) is 3.63. The SMILES string of the molecule is Cc1cccc(Cn2cccc2CN(C(=O)[C@@H](C)Cl)C(C)C)c1. The molecule has 0 aliphatic rings. The molecule has 1 heterocycles. The Morgan fingerprint density at radius 1 is 1.22 bits per heavy atom. The smallest absolute Gasteiger partial charge is 0.240 e. The van der Waals surface area contributed by atoms with Crippen molar-refractivity contribution >= 4 is 17.5 Å². The molecule has 23 heavy (non-hydrogen) atoms. The first kappa shape index (κ1) is 17.6. The lowest BCUT2D eigenvalue weighted by Gasteiger charge is -2.28. The molecule has 0 bridgehead atoms. The van der Waals surface area contributed by atoms with E-state index in [1.165, 1.54) is 11.1 Å². The fourth-order valence-electron chi connectivity index (χ4n) is 2.67. The van der Waals surface area contributed by atoms with Crippen LogP contribution in [0.25, 0.3) is 0 Å². The Balaban J connectivity index is 2.18. The minimum absolute atomic E-state index is 0.0232. The molecule has 1 aromatic heterocycles. The lowest BCUT2D eigenvalue weighted by Crippen LogP contribution is -2.40. The monoisotopic (exact) mass is 332 g/mol. The van der Waals surface area contributed by atoms with Crippen LogP contribution in [-0.4, -0.2) is 26.8 Å². The van der Waals surface area contributed by atoms with Gasteiger partial charge in [-0.1, -0.05) is 29.8 Å². The summed E-state index contributed by atoms with van der Waals surface area (Å²) in [4.78, 5) is 14.1. The zero-order valence-corrected chi connectivity index (χ0v) is 15.0. The number of nitrogens with zero attached hydrogens (tertiary/aromatic N) is 2. The van der Waals surface area contributed by atoms with Gasteiger partial charge in [0.1, 0.15) is 5.38 Å². The molecule has 4 heteroatoms. The highest BCUT2D eigenvalue weighted by molar-refractivity contribution is 6.30. The zero-order valence-electron chi connectivity index (χ0n) is 14.3. The van der Waals surface area contributed by atoms with Crippen LogP contribution in [0.5, 0.6) is 0 Å². The molecule has 0 saturated carbocycles. The number of aryl methyl sites for hydroxylation is 1. The number of rotatable bonds is 6. The molecule has 0 unspecified atom stereocenters. The van der Waals surface area contributed by atoms with Crippen molar-refractivity contribution in [2.45, 2.75) is 52.2 Å². The normalized spacial score (nSPS) is 12.4. The molecule has 124 valence electrons. The lowest BCUT2D eigenvalue weighted by atomic mass is 10.1. The van der Waals surface area contributed by atoms with Gasteiger partial charge >= 0.3 is 0 Å². The number of benzene rings is 1. The Kier molecular flexibility index (Phi) is 5.89. The Hall–Kier alpha value is -1.74. The van der Waals surface area contributed by atoms with E-state index in [1.54, 1.807) is 6.92 Å². The van der Waals surface area contributed by atoms with E-state index in [9.17, 15) is 4.79 Å². The van der Waals surface area contributed by atoms with Gasteiger partial charge < -0.3 is 9.47 Å². The predicted octanol–water partition coefficient (Wildman–Crippen LogP) is 4.21. The van der Waals surface area contributed by atoms with Crippen LogP contribution >= 0.6 is 11.6 Å². The Morgan fingerprint density at radius 2 is 1.96 bits per heavy atom. The summed E-state index contributed by atoms with van der Waals surface area (Å²) in [7, 11) is 0. The second-order valence-corrected chi connectivity index (χ2v) is 6.95. The number of carbonyl (C=O) groups is 1. The van der Waals surface area contributed by atoms with Crippen LogP contribution in [0.4, 0.5) is 0 Å². The first-order valence-electron chi connectivity index (χ1n) is 8.02. The van der Waals surface area contributed by atoms with Gasteiger partial charge in [0.2, 0.25) is 5.91 Å². The molecule has 1 aromatic carbocycles. The molecular formula is C19H25ClN2O. The van der Waals surface area contributed by atoms with Gasteiger partial charge in [-0.25, -0.2) is 0 Å². The molecule has 1 atom stereocenters. The predicted molar refractivity (Wildman–Crippen MR) is 95.7 cm³/mol. The Morgan fingerprint density at radius 3 is 2.57 bits per heavy atom. The maximum Gasteiger partial charge on any atom is 0.240 e. The number of halogens is 1. The van der Waals surface area contributed by atoms with Gasteiger partial charge in [0, 0.05) is 24.5 Å². The third-order valence-corrected chi connectivity index (χ3v) is 4.12. The highest BCUT2D eigenvalue weighted by Crippen LogP contribution is 2.15. The van der Waals surface area contributed by atoms with Crippen molar-refractivity contribution in [1.82, 2.24) is 9.47 Å². The number of amides is 1. The fraction of sp³-hybridized carbons (Fsp3) is 0.421. The summed E-state index contributed by atoms with van der Waals surface area (Å²) >= 11 is 6.00. The average molecular weight is 333 g/mol.